The van der Waals surface area contributed by atoms with E-state index in [4.69, 9.17) is 0 Å². The van der Waals surface area contributed by atoms with E-state index in [0.717, 1.165) is 30.6 Å². The van der Waals surface area contributed by atoms with Crippen molar-refractivity contribution in [1.82, 2.24) is 9.47 Å². The number of benzene rings is 2. The molecule has 1 aliphatic rings. The van der Waals surface area contributed by atoms with E-state index in [2.05, 4.69) is 27.8 Å². The zero-order valence-corrected chi connectivity index (χ0v) is 13.9. The molecule has 3 aromatic rings. The Kier molecular flexibility index (Phi) is 4.36. The molecule has 0 saturated carbocycles. The van der Waals surface area contributed by atoms with Crippen molar-refractivity contribution in [3.63, 3.8) is 0 Å². The van der Waals surface area contributed by atoms with Crippen LogP contribution in [0.3, 0.4) is 0 Å². The summed E-state index contributed by atoms with van der Waals surface area (Å²) in [5.41, 5.74) is 3.20. The Bertz CT molecular complexity index is 854. The van der Waals surface area contributed by atoms with Crippen LogP contribution in [0.5, 0.6) is 0 Å². The molecule has 2 heterocycles. The molecule has 1 atom stereocenters. The van der Waals surface area contributed by atoms with Crippen LogP contribution >= 0.6 is 0 Å². The smallest absolute Gasteiger partial charge is 0.123 e. The maximum absolute atomic E-state index is 13.6. The number of fused-ring (bicyclic) bond motifs is 1. The number of nitrogens with zero attached hydrogens (tertiary/aromatic N) is 2. The molecule has 0 bridgehead atoms. The largest absolute Gasteiger partial charge is 0.350 e. The van der Waals surface area contributed by atoms with Gasteiger partial charge in [0.1, 0.15) is 11.6 Å². The summed E-state index contributed by atoms with van der Waals surface area (Å²) in [6.45, 7) is 2.52. The van der Waals surface area contributed by atoms with Crippen molar-refractivity contribution in [2.24, 2.45) is 0 Å². The van der Waals surface area contributed by atoms with Gasteiger partial charge in [-0.15, -0.1) is 0 Å². The van der Waals surface area contributed by atoms with Crippen LogP contribution in [0.4, 0.5) is 8.78 Å². The fourth-order valence-corrected chi connectivity index (χ4v) is 3.71. The molecule has 0 radical (unpaired) electrons. The van der Waals surface area contributed by atoms with Crippen LogP contribution in [0.15, 0.2) is 66.9 Å². The van der Waals surface area contributed by atoms with E-state index < -0.39 is 0 Å². The first kappa shape index (κ1) is 16.0. The number of rotatable bonds is 3. The zero-order valence-electron chi connectivity index (χ0n) is 13.9. The average molecular weight is 338 g/mol. The summed E-state index contributed by atoms with van der Waals surface area (Å²) in [7, 11) is 0. The average Bonchev–Trinajstić information content (AvgIpc) is 2.98. The van der Waals surface area contributed by atoms with Gasteiger partial charge in [0, 0.05) is 31.5 Å². The number of halogens is 2. The van der Waals surface area contributed by atoms with Gasteiger partial charge in [-0.25, -0.2) is 8.78 Å². The first-order valence-corrected chi connectivity index (χ1v) is 8.60. The highest BCUT2D eigenvalue weighted by Crippen LogP contribution is 2.33. The van der Waals surface area contributed by atoms with Gasteiger partial charge in [-0.05, 0) is 53.9 Å². The van der Waals surface area contributed by atoms with Crippen LogP contribution in [-0.4, -0.2) is 16.0 Å². The second-order valence-corrected chi connectivity index (χ2v) is 6.53. The minimum Gasteiger partial charge on any atom is -0.350 e. The van der Waals surface area contributed by atoms with Gasteiger partial charge in [0.15, 0.2) is 0 Å². The minimum atomic E-state index is -0.232. The summed E-state index contributed by atoms with van der Waals surface area (Å²) in [6.07, 6.45) is 3.12. The van der Waals surface area contributed by atoms with E-state index in [-0.39, 0.29) is 17.7 Å². The fourth-order valence-electron chi connectivity index (χ4n) is 3.71. The van der Waals surface area contributed by atoms with E-state index in [1.165, 1.54) is 23.9 Å². The molecule has 4 heteroatoms. The molecule has 0 aliphatic carbocycles. The second kappa shape index (κ2) is 6.81. The summed E-state index contributed by atoms with van der Waals surface area (Å²) in [5, 5.41) is 0. The third-order valence-corrected chi connectivity index (χ3v) is 4.81. The van der Waals surface area contributed by atoms with Gasteiger partial charge >= 0.3 is 0 Å². The lowest BCUT2D eigenvalue weighted by atomic mass is 10.0. The van der Waals surface area contributed by atoms with Gasteiger partial charge in [0.2, 0.25) is 0 Å². The Morgan fingerprint density at radius 2 is 1.72 bits per heavy atom. The standard InChI is InChI=1S/C21H20F2N2/c22-18-9-7-17(8-10-18)21-20-6-2-11-24(20)12-3-13-25(21)15-16-4-1-5-19(23)14-16/h1-2,4-11,14,21H,3,12-13,15H2. The van der Waals surface area contributed by atoms with Crippen LogP contribution in [0.25, 0.3) is 0 Å². The van der Waals surface area contributed by atoms with Gasteiger partial charge in [-0.2, -0.15) is 0 Å². The molecule has 128 valence electrons. The third kappa shape index (κ3) is 3.35. The number of hydrogen-bond donors (Lipinski definition) is 0. The van der Waals surface area contributed by atoms with Crippen molar-refractivity contribution in [3.8, 4) is 0 Å². The van der Waals surface area contributed by atoms with Gasteiger partial charge in [-0.1, -0.05) is 24.3 Å². The topological polar surface area (TPSA) is 8.17 Å². The normalized spacial score (nSPS) is 17.9. The van der Waals surface area contributed by atoms with Gasteiger partial charge < -0.3 is 4.57 Å². The highest BCUT2D eigenvalue weighted by atomic mass is 19.1. The quantitative estimate of drug-likeness (QED) is 0.668. The van der Waals surface area contributed by atoms with Gasteiger partial charge in [0.05, 0.1) is 6.04 Å². The summed E-state index contributed by atoms with van der Waals surface area (Å²) < 4.78 is 29.3. The molecule has 0 fully saturated rings. The molecule has 1 unspecified atom stereocenters. The molecule has 4 rings (SSSR count). The lowest BCUT2D eigenvalue weighted by molar-refractivity contribution is 0.220. The van der Waals surface area contributed by atoms with Crippen LogP contribution < -0.4 is 0 Å². The molecule has 1 aromatic heterocycles. The fraction of sp³-hybridized carbons (Fsp3) is 0.238. The van der Waals surface area contributed by atoms with Gasteiger partial charge in [-0.3, -0.25) is 4.90 Å². The predicted molar refractivity (Wildman–Crippen MR) is 94.1 cm³/mol. The highest BCUT2D eigenvalue weighted by Gasteiger charge is 2.27. The number of aryl methyl sites for hydroxylation is 1. The molecule has 25 heavy (non-hydrogen) atoms. The molecule has 0 N–H and O–H groups in total. The van der Waals surface area contributed by atoms with Crippen LogP contribution in [0.2, 0.25) is 0 Å². The molecular formula is C21H20F2N2. The molecular weight excluding hydrogens is 318 g/mol. The molecule has 2 aromatic carbocycles. The van der Waals surface area contributed by atoms with Crippen LogP contribution in [-0.2, 0) is 13.1 Å². The minimum absolute atomic E-state index is 0.0290. The van der Waals surface area contributed by atoms with Crippen molar-refractivity contribution in [1.29, 1.82) is 0 Å². The second-order valence-electron chi connectivity index (χ2n) is 6.53. The maximum atomic E-state index is 13.6. The van der Waals surface area contributed by atoms with E-state index in [9.17, 15) is 8.78 Å². The lowest BCUT2D eigenvalue weighted by Crippen LogP contribution is -2.29. The molecule has 0 saturated heterocycles. The molecule has 2 nitrogen and oxygen atoms in total. The van der Waals surface area contributed by atoms with Crippen LogP contribution in [0.1, 0.15) is 29.3 Å². The van der Waals surface area contributed by atoms with E-state index in [0.29, 0.717) is 6.54 Å². The summed E-state index contributed by atoms with van der Waals surface area (Å²) >= 11 is 0. The SMILES string of the molecule is Fc1ccc(C2c3cccn3CCCN2Cc2cccc(F)c2)cc1. The van der Waals surface area contributed by atoms with Crippen LogP contribution in [0, 0.1) is 11.6 Å². The number of aromatic nitrogens is 1. The Morgan fingerprint density at radius 3 is 2.52 bits per heavy atom. The lowest BCUT2D eigenvalue weighted by Gasteiger charge is -2.30. The highest BCUT2D eigenvalue weighted by molar-refractivity contribution is 5.30. The summed E-state index contributed by atoms with van der Waals surface area (Å²) in [5.74, 6) is -0.446. The molecule has 0 amide bonds. The predicted octanol–water partition coefficient (Wildman–Crippen LogP) is 4.76. The Labute approximate surface area is 146 Å². The Balaban J connectivity index is 1.73. The van der Waals surface area contributed by atoms with Crippen molar-refractivity contribution < 1.29 is 8.78 Å². The van der Waals surface area contributed by atoms with Crippen molar-refractivity contribution in [2.45, 2.75) is 25.6 Å². The van der Waals surface area contributed by atoms with E-state index >= 15 is 0 Å². The third-order valence-electron chi connectivity index (χ3n) is 4.81. The monoisotopic (exact) mass is 338 g/mol. The van der Waals surface area contributed by atoms with Crippen molar-refractivity contribution in [2.75, 3.05) is 6.54 Å². The molecule has 1 aliphatic heterocycles. The molecule has 0 spiro atoms. The number of hydrogen-bond acceptors (Lipinski definition) is 1. The van der Waals surface area contributed by atoms with Crippen molar-refractivity contribution in [3.05, 3.63) is 95.3 Å². The Hall–Kier alpha value is -2.46. The van der Waals surface area contributed by atoms with Gasteiger partial charge in [0.25, 0.3) is 0 Å². The van der Waals surface area contributed by atoms with E-state index in [1.54, 1.807) is 12.1 Å². The first-order chi connectivity index (χ1) is 12.2. The summed E-state index contributed by atoms with van der Waals surface area (Å²) in [6, 6.07) is 17.7. The van der Waals surface area contributed by atoms with Crippen molar-refractivity contribution >= 4 is 0 Å². The summed E-state index contributed by atoms with van der Waals surface area (Å²) in [4.78, 5) is 2.35. The van der Waals surface area contributed by atoms with E-state index in [1.807, 2.05) is 18.2 Å². The first-order valence-electron chi connectivity index (χ1n) is 8.60. The zero-order chi connectivity index (χ0) is 17.2. The Morgan fingerprint density at radius 1 is 0.880 bits per heavy atom. The maximum Gasteiger partial charge on any atom is 0.123 e.